The first-order valence-electron chi connectivity index (χ1n) is 19.7. The van der Waals surface area contributed by atoms with Crippen molar-refractivity contribution < 1.29 is 9.47 Å². The van der Waals surface area contributed by atoms with Crippen LogP contribution in [0.25, 0.3) is 21.5 Å². The lowest BCUT2D eigenvalue weighted by atomic mass is 9.85. The predicted molar refractivity (Wildman–Crippen MR) is 204 cm³/mol. The Balaban J connectivity index is 1.57. The first kappa shape index (κ1) is 38.2. The quantitative estimate of drug-likeness (QED) is 0.0649. The van der Waals surface area contributed by atoms with Crippen LogP contribution in [0.3, 0.4) is 0 Å². The Hall–Kier alpha value is -2.22. The van der Waals surface area contributed by atoms with E-state index in [0.717, 1.165) is 37.6 Å². The summed E-state index contributed by atoms with van der Waals surface area (Å²) < 4.78 is 13.4. The number of hydrogen-bond acceptors (Lipinski definition) is 2. The molecule has 3 aromatic rings. The van der Waals surface area contributed by atoms with E-state index in [2.05, 4.69) is 77.1 Å². The highest BCUT2D eigenvalue weighted by atomic mass is 16.5. The van der Waals surface area contributed by atoms with E-state index >= 15 is 0 Å². The average Bonchev–Trinajstić information content (AvgIpc) is 3.05. The fraction of sp³-hybridized carbons (Fsp3) is 0.682. The highest BCUT2D eigenvalue weighted by Crippen LogP contribution is 2.44. The molecular formula is C44H70O2. The molecule has 0 radical (unpaired) electrons. The van der Waals surface area contributed by atoms with Gasteiger partial charge in [-0.1, -0.05) is 199 Å². The van der Waals surface area contributed by atoms with Gasteiger partial charge in [-0.15, -0.1) is 0 Å². The van der Waals surface area contributed by atoms with Crippen molar-refractivity contribution in [1.29, 1.82) is 0 Å². The number of unbranched alkanes of at least 4 members (excludes halogenated alkanes) is 20. The predicted octanol–water partition coefficient (Wildman–Crippen LogP) is 14.7. The molecule has 0 atom stereocenters. The van der Waals surface area contributed by atoms with Crippen molar-refractivity contribution in [2.24, 2.45) is 0 Å². The first-order chi connectivity index (χ1) is 22.5. The zero-order valence-electron chi connectivity index (χ0n) is 30.8. The summed E-state index contributed by atoms with van der Waals surface area (Å²) >= 11 is 0. The van der Waals surface area contributed by atoms with Gasteiger partial charge in [0.25, 0.3) is 0 Å². The molecule has 0 N–H and O–H groups in total. The van der Waals surface area contributed by atoms with Gasteiger partial charge in [0.15, 0.2) is 0 Å². The van der Waals surface area contributed by atoms with E-state index in [1.807, 2.05) is 0 Å². The van der Waals surface area contributed by atoms with Gasteiger partial charge in [0.05, 0.1) is 13.2 Å². The van der Waals surface area contributed by atoms with E-state index in [-0.39, 0.29) is 5.41 Å². The molecule has 3 rings (SSSR count). The van der Waals surface area contributed by atoms with Crippen molar-refractivity contribution in [2.75, 3.05) is 13.2 Å². The normalized spacial score (nSPS) is 11.9. The molecule has 0 fully saturated rings. The lowest BCUT2D eigenvalue weighted by Gasteiger charge is -2.22. The molecule has 2 heteroatoms. The molecule has 2 nitrogen and oxygen atoms in total. The summed E-state index contributed by atoms with van der Waals surface area (Å²) in [6, 6.07) is 15.7. The van der Waals surface area contributed by atoms with Crippen LogP contribution in [0.5, 0.6) is 11.5 Å². The van der Waals surface area contributed by atoms with Crippen LogP contribution in [0.1, 0.15) is 181 Å². The van der Waals surface area contributed by atoms with E-state index in [0.29, 0.717) is 0 Å². The van der Waals surface area contributed by atoms with E-state index in [9.17, 15) is 0 Å². The largest absolute Gasteiger partial charge is 0.492 e. The van der Waals surface area contributed by atoms with Gasteiger partial charge in [-0.05, 0) is 29.9 Å². The molecule has 0 aliphatic carbocycles. The Bertz CT molecular complexity index is 1220. The molecule has 0 amide bonds. The van der Waals surface area contributed by atoms with Gasteiger partial charge in [0, 0.05) is 21.5 Å². The van der Waals surface area contributed by atoms with E-state index in [1.165, 1.54) is 156 Å². The van der Waals surface area contributed by atoms with Gasteiger partial charge in [-0.2, -0.15) is 0 Å². The topological polar surface area (TPSA) is 18.5 Å². The summed E-state index contributed by atoms with van der Waals surface area (Å²) in [5, 5.41) is 4.74. The molecule has 0 aliphatic heterocycles. The molecule has 258 valence electrons. The highest BCUT2D eigenvalue weighted by Gasteiger charge is 2.20. The monoisotopic (exact) mass is 631 g/mol. The van der Waals surface area contributed by atoms with Crippen molar-refractivity contribution in [2.45, 2.75) is 181 Å². The molecule has 0 saturated heterocycles. The smallest absolute Gasteiger partial charge is 0.135 e. The molecule has 0 bridgehead atoms. The first-order valence-corrected chi connectivity index (χ1v) is 19.7. The van der Waals surface area contributed by atoms with Crippen molar-refractivity contribution in [3.05, 3.63) is 48.0 Å². The molecule has 0 unspecified atom stereocenters. The Morgan fingerprint density at radius 2 is 0.761 bits per heavy atom. The molecular weight excluding hydrogens is 560 g/mol. The Labute approximate surface area is 284 Å². The molecule has 3 aromatic carbocycles. The maximum Gasteiger partial charge on any atom is 0.135 e. The zero-order chi connectivity index (χ0) is 32.9. The van der Waals surface area contributed by atoms with E-state index in [1.54, 1.807) is 0 Å². The van der Waals surface area contributed by atoms with Crippen LogP contribution in [-0.2, 0) is 5.41 Å². The number of hydrogen-bond donors (Lipinski definition) is 0. The molecule has 46 heavy (non-hydrogen) atoms. The van der Waals surface area contributed by atoms with Gasteiger partial charge in [0.1, 0.15) is 11.5 Å². The molecule has 0 saturated carbocycles. The van der Waals surface area contributed by atoms with Crippen LogP contribution in [0.15, 0.2) is 42.5 Å². The highest BCUT2D eigenvalue weighted by molar-refractivity contribution is 6.11. The average molecular weight is 631 g/mol. The lowest BCUT2D eigenvalue weighted by Crippen LogP contribution is -2.11. The van der Waals surface area contributed by atoms with E-state index in [4.69, 9.17) is 9.47 Å². The third-order valence-electron chi connectivity index (χ3n) is 9.78. The summed E-state index contributed by atoms with van der Waals surface area (Å²) in [4.78, 5) is 0. The molecule has 0 heterocycles. The van der Waals surface area contributed by atoms with Crippen LogP contribution in [-0.4, -0.2) is 13.2 Å². The van der Waals surface area contributed by atoms with E-state index < -0.39 is 0 Å². The minimum atomic E-state index is 0.0730. The summed E-state index contributed by atoms with van der Waals surface area (Å²) in [5.41, 5.74) is 1.41. The standard InChI is InChI=1S/C44H70O2/c1-6-8-10-12-14-16-18-20-22-24-28-34-45-42-38-30-26-27-31-39(38)43(41-36-37(44(3,4)5)32-33-40(41)42)46-35-29-25-23-21-19-17-15-13-11-9-7-2/h26-27,30-33,36H,6-25,28-29,34-35H2,1-5H3. The van der Waals surface area contributed by atoms with Crippen molar-refractivity contribution in [1.82, 2.24) is 0 Å². The Morgan fingerprint density at radius 1 is 0.413 bits per heavy atom. The number of ether oxygens (including phenoxy) is 2. The maximum absolute atomic E-state index is 6.70. The van der Waals surface area contributed by atoms with Crippen LogP contribution in [0.4, 0.5) is 0 Å². The third-order valence-corrected chi connectivity index (χ3v) is 9.78. The van der Waals surface area contributed by atoms with Crippen molar-refractivity contribution >= 4 is 21.5 Å². The number of fused-ring (bicyclic) bond motifs is 2. The van der Waals surface area contributed by atoms with Crippen molar-refractivity contribution in [3.63, 3.8) is 0 Å². The Kier molecular flexibility index (Phi) is 18.6. The second-order valence-corrected chi connectivity index (χ2v) is 15.0. The summed E-state index contributed by atoms with van der Waals surface area (Å²) in [6.45, 7) is 13.0. The van der Waals surface area contributed by atoms with Gasteiger partial charge in [0.2, 0.25) is 0 Å². The fourth-order valence-corrected chi connectivity index (χ4v) is 6.76. The van der Waals surface area contributed by atoms with Crippen LogP contribution in [0, 0.1) is 0 Å². The van der Waals surface area contributed by atoms with Gasteiger partial charge in [-0.3, -0.25) is 0 Å². The summed E-state index contributed by atoms with van der Waals surface area (Å²) in [7, 11) is 0. The number of benzene rings is 3. The van der Waals surface area contributed by atoms with Gasteiger partial charge < -0.3 is 9.47 Å². The fourth-order valence-electron chi connectivity index (χ4n) is 6.76. The van der Waals surface area contributed by atoms with Crippen LogP contribution >= 0.6 is 0 Å². The third kappa shape index (κ3) is 13.5. The second kappa shape index (κ2) is 22.4. The van der Waals surface area contributed by atoms with Crippen molar-refractivity contribution in [3.8, 4) is 11.5 Å². The molecule has 0 aromatic heterocycles. The number of rotatable bonds is 26. The maximum atomic E-state index is 6.70. The minimum absolute atomic E-state index is 0.0730. The summed E-state index contributed by atoms with van der Waals surface area (Å²) in [6.07, 6.45) is 29.7. The zero-order valence-corrected chi connectivity index (χ0v) is 30.8. The second-order valence-electron chi connectivity index (χ2n) is 15.0. The van der Waals surface area contributed by atoms with Gasteiger partial charge >= 0.3 is 0 Å². The minimum Gasteiger partial charge on any atom is -0.492 e. The van der Waals surface area contributed by atoms with Gasteiger partial charge in [-0.25, -0.2) is 0 Å². The SMILES string of the molecule is CCCCCCCCCCCCCOc1c2ccccc2c(OCCCCCCCCCCCCC)c2cc(C(C)(C)C)ccc12. The molecule has 0 spiro atoms. The van der Waals surface area contributed by atoms with Crippen LogP contribution in [0.2, 0.25) is 0 Å². The Morgan fingerprint density at radius 3 is 1.15 bits per heavy atom. The molecule has 0 aliphatic rings. The van der Waals surface area contributed by atoms with Crippen LogP contribution < -0.4 is 9.47 Å². The lowest BCUT2D eigenvalue weighted by molar-refractivity contribution is 0.306. The summed E-state index contributed by atoms with van der Waals surface area (Å²) in [5.74, 6) is 2.06.